The van der Waals surface area contributed by atoms with Gasteiger partial charge in [0.15, 0.2) is 0 Å². The molecule has 16 heavy (non-hydrogen) atoms. The van der Waals surface area contributed by atoms with Crippen molar-refractivity contribution in [2.24, 2.45) is 0 Å². The highest BCUT2D eigenvalue weighted by Crippen LogP contribution is 2.14. The first-order valence-corrected chi connectivity index (χ1v) is 5.93. The van der Waals surface area contributed by atoms with Crippen molar-refractivity contribution in [1.29, 1.82) is 0 Å². The molecule has 1 aromatic rings. The second kappa shape index (κ2) is 4.40. The molecule has 0 bridgehead atoms. The monoisotopic (exact) mass is 247 g/mol. The third kappa shape index (κ3) is 3.19. The van der Waals surface area contributed by atoms with Crippen LogP contribution < -0.4 is 11.2 Å². The Bertz CT molecular complexity index is 503. The van der Waals surface area contributed by atoms with Crippen LogP contribution in [0.5, 0.6) is 0 Å². The molecular weight excluding hydrogens is 236 g/mol. The average Bonchev–Trinajstić information content (AvgIpc) is 2.07. The predicted molar refractivity (Wildman–Crippen MR) is 59.1 cm³/mol. The van der Waals surface area contributed by atoms with E-state index < -0.39 is 23.1 Å². The molecule has 5 nitrogen and oxygen atoms in total. The standard InChI is InChI=1S/C8H11BFNO4S/c1-5-7(9(12)13)2-6(3-8(5)11)4-16(10,14)15/h2-3,12-13H,4,11H2,1H3. The molecule has 0 amide bonds. The summed E-state index contributed by atoms with van der Waals surface area (Å²) < 4.78 is 33.3. The van der Waals surface area contributed by atoms with Crippen molar-refractivity contribution >= 4 is 28.5 Å². The molecule has 8 heteroatoms. The Balaban J connectivity index is 3.24. The first kappa shape index (κ1) is 13.0. The Morgan fingerprint density at radius 3 is 2.44 bits per heavy atom. The van der Waals surface area contributed by atoms with E-state index in [-0.39, 0.29) is 16.7 Å². The fraction of sp³-hybridized carbons (Fsp3) is 0.250. The third-order valence-electron chi connectivity index (χ3n) is 2.17. The maximum Gasteiger partial charge on any atom is 0.488 e. The fourth-order valence-corrected chi connectivity index (χ4v) is 1.94. The number of anilines is 1. The van der Waals surface area contributed by atoms with E-state index in [9.17, 15) is 12.3 Å². The Morgan fingerprint density at radius 1 is 1.44 bits per heavy atom. The summed E-state index contributed by atoms with van der Waals surface area (Å²) >= 11 is 0. The molecule has 0 aliphatic heterocycles. The van der Waals surface area contributed by atoms with Gasteiger partial charge in [-0.1, -0.05) is 6.07 Å². The molecule has 0 radical (unpaired) electrons. The molecule has 4 N–H and O–H groups in total. The molecular formula is C8H11BFNO4S. The number of nitrogen functional groups attached to an aromatic ring is 1. The minimum absolute atomic E-state index is 0.0682. The predicted octanol–water partition coefficient (Wildman–Crippen LogP) is -0.944. The molecule has 1 aromatic carbocycles. The highest BCUT2D eigenvalue weighted by atomic mass is 32.3. The minimum atomic E-state index is -4.67. The number of hydrogen-bond acceptors (Lipinski definition) is 5. The topological polar surface area (TPSA) is 101 Å². The van der Waals surface area contributed by atoms with E-state index in [0.29, 0.717) is 5.56 Å². The molecule has 0 saturated carbocycles. The quantitative estimate of drug-likeness (QED) is 0.363. The second-order valence-electron chi connectivity index (χ2n) is 3.46. The minimum Gasteiger partial charge on any atom is -0.423 e. The molecule has 1 rings (SSSR count). The van der Waals surface area contributed by atoms with Gasteiger partial charge in [0.05, 0.1) is 0 Å². The first-order chi connectivity index (χ1) is 7.20. The molecule has 0 aromatic heterocycles. The van der Waals surface area contributed by atoms with E-state index in [1.54, 1.807) is 6.92 Å². The van der Waals surface area contributed by atoms with Crippen LogP contribution in [0.4, 0.5) is 9.57 Å². The maximum atomic E-state index is 12.4. The summed E-state index contributed by atoms with van der Waals surface area (Å²) in [5.41, 5.74) is 6.29. The van der Waals surface area contributed by atoms with Gasteiger partial charge in [0.1, 0.15) is 5.75 Å². The molecule has 0 unspecified atom stereocenters. The van der Waals surface area contributed by atoms with E-state index in [0.717, 1.165) is 0 Å². The number of rotatable bonds is 3. The normalized spacial score (nSPS) is 11.5. The van der Waals surface area contributed by atoms with Crippen LogP contribution in [0.2, 0.25) is 0 Å². The Kier molecular flexibility index (Phi) is 3.56. The van der Waals surface area contributed by atoms with Crippen molar-refractivity contribution in [3.63, 3.8) is 0 Å². The summed E-state index contributed by atoms with van der Waals surface area (Å²) in [5, 5.41) is 18.0. The molecule has 0 heterocycles. The van der Waals surface area contributed by atoms with Gasteiger partial charge in [-0.15, -0.1) is 3.89 Å². The van der Waals surface area contributed by atoms with Crippen LogP contribution >= 0.6 is 0 Å². The van der Waals surface area contributed by atoms with Gasteiger partial charge in [-0.25, -0.2) is 0 Å². The highest BCUT2D eigenvalue weighted by Gasteiger charge is 2.18. The average molecular weight is 247 g/mol. The van der Waals surface area contributed by atoms with Crippen LogP contribution in [0, 0.1) is 6.92 Å². The lowest BCUT2D eigenvalue weighted by atomic mass is 9.76. The Labute approximate surface area is 93.1 Å². The molecule has 0 aliphatic carbocycles. The highest BCUT2D eigenvalue weighted by molar-refractivity contribution is 7.85. The lowest BCUT2D eigenvalue weighted by molar-refractivity contribution is 0.425. The summed E-state index contributed by atoms with van der Waals surface area (Å²) in [6.45, 7) is 1.55. The molecule has 0 fully saturated rings. The van der Waals surface area contributed by atoms with E-state index in [4.69, 9.17) is 15.8 Å². The van der Waals surface area contributed by atoms with Crippen LogP contribution in [0.15, 0.2) is 12.1 Å². The van der Waals surface area contributed by atoms with Gasteiger partial charge in [-0.2, -0.15) is 8.42 Å². The lowest BCUT2D eigenvalue weighted by Crippen LogP contribution is -2.33. The van der Waals surface area contributed by atoms with Crippen molar-refractivity contribution < 1.29 is 22.4 Å². The van der Waals surface area contributed by atoms with Crippen molar-refractivity contribution in [2.45, 2.75) is 12.7 Å². The largest absolute Gasteiger partial charge is 0.488 e. The van der Waals surface area contributed by atoms with Gasteiger partial charge in [0.2, 0.25) is 0 Å². The number of benzene rings is 1. The summed E-state index contributed by atoms with van der Waals surface area (Å²) in [4.78, 5) is 0. The van der Waals surface area contributed by atoms with Gasteiger partial charge < -0.3 is 15.8 Å². The molecule has 0 spiro atoms. The molecule has 0 aliphatic rings. The zero-order valence-electron chi connectivity index (χ0n) is 8.51. The maximum absolute atomic E-state index is 12.4. The van der Waals surface area contributed by atoms with E-state index >= 15 is 0 Å². The fourth-order valence-electron chi connectivity index (χ4n) is 1.37. The number of nitrogens with two attached hydrogens (primary N) is 1. The lowest BCUT2D eigenvalue weighted by Gasteiger charge is -2.10. The SMILES string of the molecule is Cc1c(N)cc(CS(=O)(=O)F)cc1B(O)O. The Hall–Kier alpha value is -1.12. The summed E-state index contributed by atoms with van der Waals surface area (Å²) in [6, 6.07) is 2.49. The van der Waals surface area contributed by atoms with Crippen LogP contribution in [0.25, 0.3) is 0 Å². The molecule has 0 saturated heterocycles. The van der Waals surface area contributed by atoms with Crippen molar-refractivity contribution in [2.75, 3.05) is 5.73 Å². The zero-order valence-corrected chi connectivity index (χ0v) is 9.33. The first-order valence-electron chi connectivity index (χ1n) is 4.38. The van der Waals surface area contributed by atoms with Gasteiger partial charge in [0, 0.05) is 5.69 Å². The van der Waals surface area contributed by atoms with E-state index in [1.807, 2.05) is 0 Å². The van der Waals surface area contributed by atoms with Crippen molar-refractivity contribution in [3.8, 4) is 0 Å². The van der Waals surface area contributed by atoms with Gasteiger partial charge in [-0.05, 0) is 29.6 Å². The number of hydrogen-bond donors (Lipinski definition) is 3. The number of halogens is 1. The van der Waals surface area contributed by atoms with Crippen molar-refractivity contribution in [1.82, 2.24) is 0 Å². The summed E-state index contributed by atoms with van der Waals surface area (Å²) in [6.07, 6.45) is 0. The third-order valence-corrected chi connectivity index (χ3v) is 2.84. The smallest absolute Gasteiger partial charge is 0.423 e. The summed E-state index contributed by atoms with van der Waals surface area (Å²) in [5.74, 6) is -0.836. The molecule has 88 valence electrons. The van der Waals surface area contributed by atoms with Crippen LogP contribution in [-0.4, -0.2) is 25.6 Å². The van der Waals surface area contributed by atoms with Crippen LogP contribution in [0.3, 0.4) is 0 Å². The van der Waals surface area contributed by atoms with Gasteiger partial charge >= 0.3 is 17.3 Å². The van der Waals surface area contributed by atoms with E-state index in [1.165, 1.54) is 12.1 Å². The van der Waals surface area contributed by atoms with Gasteiger partial charge in [-0.3, -0.25) is 0 Å². The van der Waals surface area contributed by atoms with E-state index in [2.05, 4.69) is 0 Å². The zero-order chi connectivity index (χ0) is 12.5. The van der Waals surface area contributed by atoms with Gasteiger partial charge in [0.25, 0.3) is 0 Å². The molecule has 0 atom stereocenters. The van der Waals surface area contributed by atoms with Crippen LogP contribution in [-0.2, 0) is 16.0 Å². The summed E-state index contributed by atoms with van der Waals surface area (Å²) in [7, 11) is -6.44. The second-order valence-corrected chi connectivity index (χ2v) is 4.82. The Morgan fingerprint density at radius 2 is 2.00 bits per heavy atom. The van der Waals surface area contributed by atoms with Crippen molar-refractivity contribution in [3.05, 3.63) is 23.3 Å². The van der Waals surface area contributed by atoms with Crippen LogP contribution in [0.1, 0.15) is 11.1 Å².